The average molecular weight is 354 g/mol. The van der Waals surface area contributed by atoms with Crippen molar-refractivity contribution in [2.75, 3.05) is 6.54 Å². The zero-order chi connectivity index (χ0) is 15.3. The second kappa shape index (κ2) is 7.15. The van der Waals surface area contributed by atoms with E-state index >= 15 is 0 Å². The minimum Gasteiger partial charge on any atom is -0.419 e. The number of halogens is 1. The highest BCUT2D eigenvalue weighted by Gasteiger charge is 2.19. The molecule has 2 N–H and O–H groups in total. The van der Waals surface area contributed by atoms with Gasteiger partial charge in [-0.1, -0.05) is 25.5 Å². The Balaban J connectivity index is 1.94. The molecule has 5 nitrogen and oxygen atoms in total. The molecule has 2 aromatic rings. The molecule has 0 saturated carbocycles. The fourth-order valence-electron chi connectivity index (χ4n) is 2.13. The fourth-order valence-corrected chi connectivity index (χ4v) is 2.59. The summed E-state index contributed by atoms with van der Waals surface area (Å²) in [5.74, 6) is 0.993. The van der Waals surface area contributed by atoms with E-state index in [1.54, 1.807) is 0 Å². The number of rotatable bonds is 7. The van der Waals surface area contributed by atoms with Crippen molar-refractivity contribution in [1.82, 2.24) is 15.5 Å². The molecule has 0 aliphatic rings. The van der Waals surface area contributed by atoms with Gasteiger partial charge in [-0.25, -0.2) is 0 Å². The summed E-state index contributed by atoms with van der Waals surface area (Å²) in [6.45, 7) is 4.81. The lowest BCUT2D eigenvalue weighted by Crippen LogP contribution is -2.37. The molecule has 0 saturated heterocycles. The van der Waals surface area contributed by atoms with Gasteiger partial charge >= 0.3 is 0 Å². The molecule has 0 fully saturated rings. The minimum absolute atomic E-state index is 0.442. The number of nitrogens with zero attached hydrogens (tertiary/aromatic N) is 2. The van der Waals surface area contributed by atoms with E-state index in [4.69, 9.17) is 4.42 Å². The molecule has 0 aliphatic heterocycles. The van der Waals surface area contributed by atoms with Crippen LogP contribution < -0.4 is 5.32 Å². The van der Waals surface area contributed by atoms with Gasteiger partial charge in [0.15, 0.2) is 0 Å². The van der Waals surface area contributed by atoms with Crippen molar-refractivity contribution in [3.63, 3.8) is 0 Å². The van der Waals surface area contributed by atoms with Crippen LogP contribution in [0, 0.1) is 0 Å². The Bertz CT molecular complexity index is 584. The van der Waals surface area contributed by atoms with Crippen LogP contribution in [-0.4, -0.2) is 27.4 Å². The Morgan fingerprint density at radius 1 is 1.33 bits per heavy atom. The van der Waals surface area contributed by atoms with Crippen molar-refractivity contribution in [3.8, 4) is 11.5 Å². The number of benzene rings is 1. The first kappa shape index (κ1) is 16.1. The van der Waals surface area contributed by atoms with Gasteiger partial charge in [-0.05, 0) is 41.4 Å². The van der Waals surface area contributed by atoms with Crippen LogP contribution in [0.25, 0.3) is 11.5 Å². The van der Waals surface area contributed by atoms with Crippen molar-refractivity contribution in [2.45, 2.75) is 38.8 Å². The van der Waals surface area contributed by atoms with Crippen molar-refractivity contribution in [1.29, 1.82) is 0 Å². The normalized spacial score (nSPS) is 14.1. The molecule has 1 aromatic carbocycles. The van der Waals surface area contributed by atoms with Gasteiger partial charge in [0.2, 0.25) is 11.8 Å². The van der Waals surface area contributed by atoms with E-state index in [-0.39, 0.29) is 0 Å². The zero-order valence-electron chi connectivity index (χ0n) is 12.3. The third-order valence-electron chi connectivity index (χ3n) is 3.14. The number of aliphatic hydroxyl groups is 1. The molecule has 1 atom stereocenters. The Hall–Kier alpha value is -1.24. The van der Waals surface area contributed by atoms with E-state index in [1.165, 1.54) is 0 Å². The van der Waals surface area contributed by atoms with Gasteiger partial charge in [-0.2, -0.15) is 0 Å². The number of aromatic nitrogens is 2. The molecule has 21 heavy (non-hydrogen) atoms. The second-order valence-electron chi connectivity index (χ2n) is 5.33. The standard InChI is InChI=1S/C15H20BrN3O2/c1-3-8-15(2,20)10-17-9-13-18-19-14(21-13)11-6-4-5-7-12(11)16/h4-7,17,20H,3,8-10H2,1-2H3. The second-order valence-corrected chi connectivity index (χ2v) is 6.19. The summed E-state index contributed by atoms with van der Waals surface area (Å²) in [5.41, 5.74) is 0.161. The average Bonchev–Trinajstić information content (AvgIpc) is 2.87. The topological polar surface area (TPSA) is 71.2 Å². The predicted molar refractivity (Wildman–Crippen MR) is 84.7 cm³/mol. The molecule has 1 aromatic heterocycles. The number of hydrogen-bond donors (Lipinski definition) is 2. The van der Waals surface area contributed by atoms with Crippen LogP contribution in [0.2, 0.25) is 0 Å². The molecule has 0 bridgehead atoms. The van der Waals surface area contributed by atoms with E-state index < -0.39 is 5.60 Å². The van der Waals surface area contributed by atoms with Crippen molar-refractivity contribution in [2.24, 2.45) is 0 Å². The van der Waals surface area contributed by atoms with Crippen LogP contribution >= 0.6 is 15.9 Å². The van der Waals surface area contributed by atoms with E-state index in [1.807, 2.05) is 31.2 Å². The Kier molecular flexibility index (Phi) is 5.50. The lowest BCUT2D eigenvalue weighted by Gasteiger charge is -2.22. The third kappa shape index (κ3) is 4.62. The first-order chi connectivity index (χ1) is 10.0. The highest BCUT2D eigenvalue weighted by molar-refractivity contribution is 9.10. The van der Waals surface area contributed by atoms with Crippen LogP contribution in [-0.2, 0) is 6.54 Å². The van der Waals surface area contributed by atoms with E-state index in [9.17, 15) is 5.11 Å². The van der Waals surface area contributed by atoms with Gasteiger partial charge in [-0.3, -0.25) is 0 Å². The smallest absolute Gasteiger partial charge is 0.248 e. The number of nitrogens with one attached hydrogen (secondary N) is 1. The molecular weight excluding hydrogens is 334 g/mol. The summed E-state index contributed by atoms with van der Waals surface area (Å²) in [4.78, 5) is 0. The lowest BCUT2D eigenvalue weighted by molar-refractivity contribution is 0.0493. The van der Waals surface area contributed by atoms with Crippen molar-refractivity contribution < 1.29 is 9.52 Å². The molecule has 1 heterocycles. The summed E-state index contributed by atoms with van der Waals surface area (Å²) < 4.78 is 6.54. The quantitative estimate of drug-likeness (QED) is 0.799. The van der Waals surface area contributed by atoms with Gasteiger partial charge in [0.25, 0.3) is 0 Å². The van der Waals surface area contributed by atoms with E-state index in [0.717, 1.165) is 22.9 Å². The SMILES string of the molecule is CCCC(C)(O)CNCc1nnc(-c2ccccc2Br)o1. The molecule has 0 amide bonds. The maximum atomic E-state index is 10.1. The molecule has 0 radical (unpaired) electrons. The van der Waals surface area contributed by atoms with Crippen molar-refractivity contribution >= 4 is 15.9 Å². The molecule has 114 valence electrons. The van der Waals surface area contributed by atoms with Gasteiger partial charge in [0, 0.05) is 11.0 Å². The van der Waals surface area contributed by atoms with Crippen LogP contribution in [0.15, 0.2) is 33.2 Å². The molecule has 0 spiro atoms. The Morgan fingerprint density at radius 3 is 2.81 bits per heavy atom. The first-order valence-corrected chi connectivity index (χ1v) is 7.81. The van der Waals surface area contributed by atoms with Crippen molar-refractivity contribution in [3.05, 3.63) is 34.6 Å². The van der Waals surface area contributed by atoms with E-state index in [0.29, 0.717) is 24.9 Å². The third-order valence-corrected chi connectivity index (χ3v) is 3.83. The van der Waals surface area contributed by atoms with Crippen LogP contribution in [0.5, 0.6) is 0 Å². The maximum absolute atomic E-state index is 10.1. The summed E-state index contributed by atoms with van der Waals surface area (Å²) in [6.07, 6.45) is 1.70. The number of hydrogen-bond acceptors (Lipinski definition) is 5. The van der Waals surface area contributed by atoms with Gasteiger partial charge in [-0.15, -0.1) is 10.2 Å². The lowest BCUT2D eigenvalue weighted by atomic mass is 10.0. The van der Waals surface area contributed by atoms with Crippen LogP contribution in [0.1, 0.15) is 32.6 Å². The molecule has 1 unspecified atom stereocenters. The predicted octanol–water partition coefficient (Wildman–Crippen LogP) is 3.14. The highest BCUT2D eigenvalue weighted by Crippen LogP contribution is 2.26. The first-order valence-electron chi connectivity index (χ1n) is 7.02. The van der Waals surface area contributed by atoms with Gasteiger partial charge < -0.3 is 14.8 Å². The van der Waals surface area contributed by atoms with E-state index in [2.05, 4.69) is 38.4 Å². The monoisotopic (exact) mass is 353 g/mol. The zero-order valence-corrected chi connectivity index (χ0v) is 13.9. The molecule has 6 heteroatoms. The molecular formula is C15H20BrN3O2. The van der Waals surface area contributed by atoms with Gasteiger partial charge in [0.1, 0.15) is 0 Å². The van der Waals surface area contributed by atoms with Crippen LogP contribution in [0.4, 0.5) is 0 Å². The Labute approximate surface area is 132 Å². The fraction of sp³-hybridized carbons (Fsp3) is 0.467. The summed E-state index contributed by atoms with van der Waals surface area (Å²) in [7, 11) is 0. The molecule has 2 rings (SSSR count). The summed E-state index contributed by atoms with van der Waals surface area (Å²) in [6, 6.07) is 7.70. The van der Waals surface area contributed by atoms with Gasteiger partial charge in [0.05, 0.1) is 17.7 Å². The minimum atomic E-state index is -0.708. The summed E-state index contributed by atoms with van der Waals surface area (Å²) >= 11 is 3.46. The Morgan fingerprint density at radius 2 is 2.10 bits per heavy atom. The highest BCUT2D eigenvalue weighted by atomic mass is 79.9. The largest absolute Gasteiger partial charge is 0.419 e. The van der Waals surface area contributed by atoms with Crippen LogP contribution in [0.3, 0.4) is 0 Å². The summed E-state index contributed by atoms with van der Waals surface area (Å²) in [5, 5.41) is 21.3. The molecule has 0 aliphatic carbocycles. The maximum Gasteiger partial charge on any atom is 0.248 e.